The third-order valence-corrected chi connectivity index (χ3v) is 19.1. The fourth-order valence-electron chi connectivity index (χ4n) is 16.9. The van der Waals surface area contributed by atoms with Crippen molar-refractivity contribution in [3.05, 3.63) is 162 Å². The highest BCUT2D eigenvalue weighted by Crippen LogP contribution is 2.63. The Morgan fingerprint density at radius 2 is 0.903 bits per heavy atom. The predicted molar refractivity (Wildman–Crippen MR) is 286 cm³/mol. The summed E-state index contributed by atoms with van der Waals surface area (Å²) in [5.74, 6) is 6.75. The number of hydrogen-bond donors (Lipinski definition) is 0. The molecule has 8 aliphatic carbocycles. The summed E-state index contributed by atoms with van der Waals surface area (Å²) in [5, 5.41) is 14.0. The third kappa shape index (κ3) is 6.35. The molecule has 72 heavy (non-hydrogen) atoms. The van der Waals surface area contributed by atoms with E-state index in [-0.39, 0.29) is 5.41 Å². The van der Waals surface area contributed by atoms with Crippen LogP contribution in [0.2, 0.25) is 0 Å². The number of fused-ring (bicyclic) bond motifs is 6. The number of hydrogen-bond acceptors (Lipinski definition) is 6. The van der Waals surface area contributed by atoms with Crippen molar-refractivity contribution >= 4 is 43.9 Å². The number of nitrogens with zero attached hydrogens (tertiary/aromatic N) is 4. The van der Waals surface area contributed by atoms with Gasteiger partial charge in [0, 0.05) is 27.1 Å². The highest BCUT2D eigenvalue weighted by atomic mass is 16.3. The number of nitriles is 1. The van der Waals surface area contributed by atoms with E-state index in [1.807, 2.05) is 30.3 Å². The predicted octanol–water partition coefficient (Wildman–Crippen LogP) is 16.8. The van der Waals surface area contributed by atoms with Crippen molar-refractivity contribution in [2.45, 2.75) is 87.9 Å². The van der Waals surface area contributed by atoms with Crippen molar-refractivity contribution in [3.8, 4) is 62.5 Å². The fourth-order valence-corrected chi connectivity index (χ4v) is 16.9. The lowest BCUT2D eigenvalue weighted by atomic mass is 9.47. The molecule has 0 aliphatic heterocycles. The highest BCUT2D eigenvalue weighted by molar-refractivity contribution is 6.11. The van der Waals surface area contributed by atoms with Crippen molar-refractivity contribution in [3.63, 3.8) is 0 Å². The molecule has 7 aromatic carbocycles. The van der Waals surface area contributed by atoms with E-state index in [2.05, 4.69) is 121 Å². The van der Waals surface area contributed by atoms with Gasteiger partial charge in [0.05, 0.1) is 22.8 Å². The SMILES string of the molecule is N#Cc1ccc(-c2cc(-c3nc(-c4cccc5c4oc4ccccc45)nc(-c4cc(-c5ccc(C67CC8CC(CC(C8)C6)C7)cc5)cc5c4oc4ccccc45)n3)ccc2C23CC4CC(CC(C4)C2)C3)cc1. The van der Waals surface area contributed by atoms with Gasteiger partial charge in [-0.15, -0.1) is 0 Å². The van der Waals surface area contributed by atoms with Gasteiger partial charge in [-0.25, -0.2) is 15.0 Å². The fraction of sp³-hybridized carbons (Fsp3) is 0.303. The van der Waals surface area contributed by atoms with Gasteiger partial charge in [0.2, 0.25) is 0 Å². The van der Waals surface area contributed by atoms with E-state index in [0.29, 0.717) is 28.5 Å². The first kappa shape index (κ1) is 41.3. The van der Waals surface area contributed by atoms with E-state index in [4.69, 9.17) is 23.8 Å². The molecule has 0 unspecified atom stereocenters. The van der Waals surface area contributed by atoms with Gasteiger partial charge in [-0.05, 0) is 205 Å². The topological polar surface area (TPSA) is 88.7 Å². The lowest BCUT2D eigenvalue weighted by Gasteiger charge is -2.57. The zero-order valence-electron chi connectivity index (χ0n) is 40.4. The van der Waals surface area contributed by atoms with E-state index < -0.39 is 0 Å². The smallest absolute Gasteiger partial charge is 0.167 e. The van der Waals surface area contributed by atoms with E-state index in [1.165, 1.54) is 99.3 Å². The van der Waals surface area contributed by atoms with Gasteiger partial charge in [0.25, 0.3) is 0 Å². The summed E-state index contributed by atoms with van der Waals surface area (Å²) in [6.07, 6.45) is 16.3. The van der Waals surface area contributed by atoms with Gasteiger partial charge in [-0.3, -0.25) is 0 Å². The van der Waals surface area contributed by atoms with Crippen LogP contribution in [-0.4, -0.2) is 15.0 Å². The minimum Gasteiger partial charge on any atom is -0.455 e. The molecule has 0 atom stereocenters. The minimum absolute atomic E-state index is 0.143. The molecule has 0 spiro atoms. The maximum absolute atomic E-state index is 9.85. The lowest BCUT2D eigenvalue weighted by molar-refractivity contribution is -0.00523. The van der Waals surface area contributed by atoms with Gasteiger partial charge in [0.1, 0.15) is 22.3 Å². The maximum Gasteiger partial charge on any atom is 0.167 e. The first-order valence-corrected chi connectivity index (χ1v) is 26.8. The van der Waals surface area contributed by atoms with Gasteiger partial charge < -0.3 is 8.83 Å². The molecule has 8 saturated carbocycles. The average molecular weight is 935 g/mol. The summed E-state index contributed by atoms with van der Waals surface area (Å²) in [7, 11) is 0. The molecular weight excluding hydrogens is 881 g/mol. The molecule has 10 aromatic rings. The van der Waals surface area contributed by atoms with Crippen molar-refractivity contribution in [2.24, 2.45) is 35.5 Å². The first-order valence-electron chi connectivity index (χ1n) is 26.8. The molecule has 0 radical (unpaired) electrons. The second-order valence-electron chi connectivity index (χ2n) is 23.5. The Bertz CT molecular complexity index is 3840. The van der Waals surface area contributed by atoms with Crippen LogP contribution in [0, 0.1) is 46.8 Å². The summed E-state index contributed by atoms with van der Waals surface area (Å²) in [6, 6.07) is 54.6. The molecule has 350 valence electrons. The molecule has 8 fully saturated rings. The molecule has 3 heterocycles. The number of furan rings is 2. The number of aromatic nitrogens is 3. The van der Waals surface area contributed by atoms with E-state index in [9.17, 15) is 5.26 Å². The van der Waals surface area contributed by atoms with Crippen molar-refractivity contribution in [1.29, 1.82) is 5.26 Å². The van der Waals surface area contributed by atoms with Gasteiger partial charge in [-0.2, -0.15) is 5.26 Å². The summed E-state index contributed by atoms with van der Waals surface area (Å²) in [5.41, 5.74) is 14.4. The first-order chi connectivity index (χ1) is 35.4. The number of benzene rings is 7. The molecule has 6 heteroatoms. The monoisotopic (exact) mass is 934 g/mol. The van der Waals surface area contributed by atoms with E-state index in [0.717, 1.165) is 107 Å². The Balaban J connectivity index is 0.901. The number of para-hydroxylation sites is 3. The van der Waals surface area contributed by atoms with E-state index >= 15 is 0 Å². The molecule has 0 N–H and O–H groups in total. The molecule has 8 bridgehead atoms. The highest BCUT2D eigenvalue weighted by Gasteiger charge is 2.53. The Labute approximate surface area is 419 Å². The summed E-state index contributed by atoms with van der Waals surface area (Å²) in [4.78, 5) is 16.4. The Hall–Kier alpha value is -7.36. The molecule has 0 saturated heterocycles. The van der Waals surface area contributed by atoms with Crippen LogP contribution in [0.5, 0.6) is 0 Å². The second-order valence-corrected chi connectivity index (χ2v) is 23.5. The lowest BCUT2D eigenvalue weighted by Crippen LogP contribution is -2.48. The maximum atomic E-state index is 9.85. The van der Waals surface area contributed by atoms with Crippen molar-refractivity contribution in [2.75, 3.05) is 0 Å². The standard InChI is InChI=1S/C66H54N4O2/c67-37-38-12-14-46(15-13-38)54-28-47(18-21-57(54)66-34-42-25-43(35-66)27-44(26-42)36-66)62-68-63(53-9-5-8-52-50-6-1-3-10-58(50)71-60(52)53)70-64(69-62)56-30-48(29-55-51-7-2-4-11-59(51)72-61(55)56)45-16-19-49(20-17-45)65-31-39-22-40(32-65)24-41(23-39)33-65/h1-21,28-30,39-44H,22-27,31-36H2. The van der Waals surface area contributed by atoms with Gasteiger partial charge >= 0.3 is 0 Å². The van der Waals surface area contributed by atoms with Crippen LogP contribution in [0.25, 0.3) is 100 Å². The Morgan fingerprint density at radius 3 is 1.53 bits per heavy atom. The Morgan fingerprint density at radius 1 is 0.403 bits per heavy atom. The van der Waals surface area contributed by atoms with Crippen LogP contribution in [0.1, 0.15) is 93.7 Å². The normalized spacial score (nSPS) is 26.9. The second kappa shape index (κ2) is 15.3. The zero-order valence-corrected chi connectivity index (χ0v) is 40.4. The largest absolute Gasteiger partial charge is 0.455 e. The Kier molecular flexibility index (Phi) is 8.79. The molecule has 3 aromatic heterocycles. The van der Waals surface area contributed by atoms with Crippen LogP contribution in [0.3, 0.4) is 0 Å². The van der Waals surface area contributed by atoms with Crippen molar-refractivity contribution in [1.82, 2.24) is 15.0 Å². The quantitative estimate of drug-likeness (QED) is 0.158. The summed E-state index contributed by atoms with van der Waals surface area (Å²) < 4.78 is 13.6. The number of rotatable bonds is 7. The molecular formula is C66H54N4O2. The van der Waals surface area contributed by atoms with Crippen LogP contribution in [-0.2, 0) is 10.8 Å². The van der Waals surface area contributed by atoms with Gasteiger partial charge in [-0.1, -0.05) is 97.1 Å². The minimum atomic E-state index is 0.143. The van der Waals surface area contributed by atoms with Crippen LogP contribution in [0.4, 0.5) is 0 Å². The van der Waals surface area contributed by atoms with Crippen molar-refractivity contribution < 1.29 is 8.83 Å². The summed E-state index contributed by atoms with van der Waals surface area (Å²) in [6.45, 7) is 0. The molecule has 0 amide bonds. The molecule has 6 nitrogen and oxygen atoms in total. The molecule has 18 rings (SSSR count). The molecule has 8 aliphatic rings. The van der Waals surface area contributed by atoms with Gasteiger partial charge in [0.15, 0.2) is 17.5 Å². The zero-order chi connectivity index (χ0) is 47.3. The van der Waals surface area contributed by atoms with Crippen LogP contribution < -0.4 is 0 Å². The van der Waals surface area contributed by atoms with Crippen LogP contribution >= 0.6 is 0 Å². The van der Waals surface area contributed by atoms with Crippen LogP contribution in [0.15, 0.2) is 154 Å². The third-order valence-electron chi connectivity index (χ3n) is 19.1. The van der Waals surface area contributed by atoms with E-state index in [1.54, 1.807) is 0 Å². The average Bonchev–Trinajstić information content (AvgIpc) is 3.99. The summed E-state index contributed by atoms with van der Waals surface area (Å²) >= 11 is 0.